The summed E-state index contributed by atoms with van der Waals surface area (Å²) < 4.78 is 0. The SMILES string of the molecule is CCC(C)NC(=O)N/C=C/C1CCCCC1. The first-order valence-electron chi connectivity index (χ1n) is 6.46. The Balaban J connectivity index is 2.17. The lowest BCUT2D eigenvalue weighted by Crippen LogP contribution is -2.38. The van der Waals surface area contributed by atoms with Gasteiger partial charge >= 0.3 is 6.03 Å². The molecule has 1 fully saturated rings. The van der Waals surface area contributed by atoms with E-state index in [1.807, 2.05) is 6.92 Å². The summed E-state index contributed by atoms with van der Waals surface area (Å²) in [5.74, 6) is 0.664. The van der Waals surface area contributed by atoms with E-state index in [0.29, 0.717) is 5.92 Å². The maximum Gasteiger partial charge on any atom is 0.318 e. The summed E-state index contributed by atoms with van der Waals surface area (Å²) in [6.45, 7) is 4.06. The standard InChI is InChI=1S/C13H24N2O/c1-3-11(2)15-13(16)14-10-9-12-7-5-4-6-8-12/h9-12H,3-8H2,1-2H3,(H2,14,15,16)/b10-9+. The predicted octanol–water partition coefficient (Wildman–Crippen LogP) is 3.18. The Kier molecular flexibility index (Phi) is 5.98. The number of urea groups is 1. The highest BCUT2D eigenvalue weighted by molar-refractivity contribution is 5.75. The Morgan fingerprint density at radius 3 is 2.69 bits per heavy atom. The van der Waals surface area contributed by atoms with E-state index in [1.165, 1.54) is 32.1 Å². The topological polar surface area (TPSA) is 41.1 Å². The molecular formula is C13H24N2O. The molecule has 1 saturated carbocycles. The predicted molar refractivity (Wildman–Crippen MR) is 67.1 cm³/mol. The summed E-state index contributed by atoms with van der Waals surface area (Å²) in [7, 11) is 0. The van der Waals surface area contributed by atoms with Gasteiger partial charge in [0.15, 0.2) is 0 Å². The van der Waals surface area contributed by atoms with E-state index < -0.39 is 0 Å². The Labute approximate surface area is 98.7 Å². The zero-order valence-corrected chi connectivity index (χ0v) is 10.5. The molecule has 1 rings (SSSR count). The fourth-order valence-electron chi connectivity index (χ4n) is 1.95. The van der Waals surface area contributed by atoms with Gasteiger partial charge in [0.1, 0.15) is 0 Å². The van der Waals surface area contributed by atoms with Gasteiger partial charge in [-0.3, -0.25) is 0 Å². The number of carbonyl (C=O) groups excluding carboxylic acids is 1. The van der Waals surface area contributed by atoms with Gasteiger partial charge in [-0.15, -0.1) is 0 Å². The second-order valence-corrected chi connectivity index (χ2v) is 4.68. The fraction of sp³-hybridized carbons (Fsp3) is 0.769. The average molecular weight is 224 g/mol. The number of carbonyl (C=O) groups is 1. The summed E-state index contributed by atoms with van der Waals surface area (Å²) >= 11 is 0. The van der Waals surface area contributed by atoms with E-state index in [9.17, 15) is 4.79 Å². The largest absolute Gasteiger partial charge is 0.335 e. The van der Waals surface area contributed by atoms with E-state index >= 15 is 0 Å². The van der Waals surface area contributed by atoms with Crippen LogP contribution in [0.15, 0.2) is 12.3 Å². The molecule has 2 amide bonds. The number of nitrogens with one attached hydrogen (secondary N) is 2. The summed E-state index contributed by atoms with van der Waals surface area (Å²) in [4.78, 5) is 11.4. The number of allylic oxidation sites excluding steroid dienone is 1. The van der Waals surface area contributed by atoms with Gasteiger partial charge in [-0.2, -0.15) is 0 Å². The van der Waals surface area contributed by atoms with Crippen LogP contribution >= 0.6 is 0 Å². The number of hydrogen-bond acceptors (Lipinski definition) is 1. The van der Waals surface area contributed by atoms with Crippen LogP contribution in [0.5, 0.6) is 0 Å². The summed E-state index contributed by atoms with van der Waals surface area (Å²) in [6.07, 6.45) is 11.5. The molecule has 0 heterocycles. The number of hydrogen-bond donors (Lipinski definition) is 2. The van der Waals surface area contributed by atoms with Crippen LogP contribution in [-0.4, -0.2) is 12.1 Å². The van der Waals surface area contributed by atoms with Crippen molar-refractivity contribution in [1.82, 2.24) is 10.6 Å². The van der Waals surface area contributed by atoms with Crippen LogP contribution in [0, 0.1) is 5.92 Å². The van der Waals surface area contributed by atoms with Crippen LogP contribution in [0.25, 0.3) is 0 Å². The monoisotopic (exact) mass is 224 g/mol. The van der Waals surface area contributed by atoms with Crippen molar-refractivity contribution in [3.63, 3.8) is 0 Å². The lowest BCUT2D eigenvalue weighted by molar-refractivity contribution is 0.240. The van der Waals surface area contributed by atoms with Crippen molar-refractivity contribution in [2.75, 3.05) is 0 Å². The highest BCUT2D eigenvalue weighted by atomic mass is 16.2. The molecule has 0 aromatic rings. The summed E-state index contributed by atoms with van der Waals surface area (Å²) in [5, 5.41) is 5.63. The minimum Gasteiger partial charge on any atom is -0.335 e. The first kappa shape index (κ1) is 13.1. The molecule has 0 aliphatic heterocycles. The molecule has 3 nitrogen and oxygen atoms in total. The fourth-order valence-corrected chi connectivity index (χ4v) is 1.95. The van der Waals surface area contributed by atoms with Gasteiger partial charge in [0.2, 0.25) is 0 Å². The smallest absolute Gasteiger partial charge is 0.318 e. The maximum absolute atomic E-state index is 11.4. The van der Waals surface area contributed by atoms with Crippen LogP contribution in [0.4, 0.5) is 4.79 Å². The van der Waals surface area contributed by atoms with E-state index in [-0.39, 0.29) is 12.1 Å². The summed E-state index contributed by atoms with van der Waals surface area (Å²) in [6, 6.07) is 0.143. The van der Waals surface area contributed by atoms with Gasteiger partial charge in [0.25, 0.3) is 0 Å². The molecule has 1 aliphatic carbocycles. The van der Waals surface area contributed by atoms with Crippen molar-refractivity contribution in [3.05, 3.63) is 12.3 Å². The normalized spacial score (nSPS) is 19.6. The Bertz CT molecular complexity index is 232. The molecule has 0 saturated heterocycles. The molecule has 0 aromatic carbocycles. The van der Waals surface area contributed by atoms with Gasteiger partial charge in [-0.1, -0.05) is 32.3 Å². The van der Waals surface area contributed by atoms with Gasteiger partial charge in [-0.05, 0) is 32.1 Å². The Morgan fingerprint density at radius 2 is 2.06 bits per heavy atom. The van der Waals surface area contributed by atoms with E-state index in [4.69, 9.17) is 0 Å². The summed E-state index contributed by atoms with van der Waals surface area (Å²) in [5.41, 5.74) is 0. The minimum absolute atomic E-state index is 0.0959. The second kappa shape index (κ2) is 7.31. The third-order valence-electron chi connectivity index (χ3n) is 3.22. The van der Waals surface area contributed by atoms with Crippen molar-refractivity contribution in [2.45, 2.75) is 58.4 Å². The van der Waals surface area contributed by atoms with Crippen molar-refractivity contribution in [3.8, 4) is 0 Å². The van der Waals surface area contributed by atoms with Gasteiger partial charge in [0.05, 0.1) is 0 Å². The van der Waals surface area contributed by atoms with Crippen molar-refractivity contribution < 1.29 is 4.79 Å². The van der Waals surface area contributed by atoms with E-state index in [1.54, 1.807) is 6.20 Å². The number of amides is 2. The lowest BCUT2D eigenvalue weighted by atomic mass is 9.89. The highest BCUT2D eigenvalue weighted by Crippen LogP contribution is 2.24. The number of rotatable bonds is 4. The molecule has 1 atom stereocenters. The molecule has 0 spiro atoms. The minimum atomic E-state index is -0.0959. The lowest BCUT2D eigenvalue weighted by Gasteiger charge is -2.17. The highest BCUT2D eigenvalue weighted by Gasteiger charge is 2.09. The molecule has 1 aliphatic rings. The molecule has 0 aromatic heterocycles. The van der Waals surface area contributed by atoms with Crippen LogP contribution in [-0.2, 0) is 0 Å². The quantitative estimate of drug-likeness (QED) is 0.756. The molecule has 0 radical (unpaired) electrons. The van der Waals surface area contributed by atoms with Crippen LogP contribution in [0.3, 0.4) is 0 Å². The van der Waals surface area contributed by atoms with Crippen molar-refractivity contribution in [1.29, 1.82) is 0 Å². The van der Waals surface area contributed by atoms with Crippen molar-refractivity contribution in [2.24, 2.45) is 5.92 Å². The van der Waals surface area contributed by atoms with Crippen LogP contribution in [0.2, 0.25) is 0 Å². The van der Waals surface area contributed by atoms with Gasteiger partial charge in [-0.25, -0.2) is 4.79 Å². The Hall–Kier alpha value is -0.990. The first-order chi connectivity index (χ1) is 7.72. The molecular weight excluding hydrogens is 200 g/mol. The van der Waals surface area contributed by atoms with E-state index in [2.05, 4.69) is 23.6 Å². The molecule has 92 valence electrons. The average Bonchev–Trinajstić information content (AvgIpc) is 2.30. The first-order valence-corrected chi connectivity index (χ1v) is 6.46. The van der Waals surface area contributed by atoms with Crippen molar-refractivity contribution >= 4 is 6.03 Å². The molecule has 16 heavy (non-hydrogen) atoms. The van der Waals surface area contributed by atoms with Gasteiger partial charge in [0, 0.05) is 12.2 Å². The molecule has 1 unspecified atom stereocenters. The zero-order chi connectivity index (χ0) is 11.8. The second-order valence-electron chi connectivity index (χ2n) is 4.68. The van der Waals surface area contributed by atoms with Crippen LogP contribution in [0.1, 0.15) is 52.4 Å². The third kappa shape index (κ3) is 5.19. The van der Waals surface area contributed by atoms with Crippen LogP contribution < -0.4 is 10.6 Å². The molecule has 2 N–H and O–H groups in total. The van der Waals surface area contributed by atoms with E-state index in [0.717, 1.165) is 6.42 Å². The third-order valence-corrected chi connectivity index (χ3v) is 3.22. The maximum atomic E-state index is 11.4. The zero-order valence-electron chi connectivity index (χ0n) is 10.5. The Morgan fingerprint density at radius 1 is 1.38 bits per heavy atom. The molecule has 0 bridgehead atoms. The van der Waals surface area contributed by atoms with Gasteiger partial charge < -0.3 is 10.6 Å². The molecule has 3 heteroatoms.